The van der Waals surface area contributed by atoms with E-state index in [0.717, 1.165) is 5.01 Å². The van der Waals surface area contributed by atoms with Gasteiger partial charge in [-0.25, -0.2) is 0 Å². The number of rotatable bonds is 6. The highest BCUT2D eigenvalue weighted by molar-refractivity contribution is 7.15. The first-order valence-electron chi connectivity index (χ1n) is 6.68. The molecular formula is C14H15F2N3O3S. The van der Waals surface area contributed by atoms with E-state index in [2.05, 4.69) is 20.3 Å². The van der Waals surface area contributed by atoms with Crippen molar-refractivity contribution in [3.8, 4) is 11.5 Å². The molecule has 0 fully saturated rings. The number of aromatic nitrogens is 2. The van der Waals surface area contributed by atoms with E-state index >= 15 is 0 Å². The molecule has 124 valence electrons. The first kappa shape index (κ1) is 17.1. The summed E-state index contributed by atoms with van der Waals surface area (Å²) in [7, 11) is 1.30. The number of hydrogen-bond acceptors (Lipinski definition) is 6. The van der Waals surface area contributed by atoms with Crippen molar-refractivity contribution in [2.75, 3.05) is 12.4 Å². The number of halogens is 2. The number of carbonyl (C=O) groups is 1. The maximum absolute atomic E-state index is 12.3. The lowest BCUT2D eigenvalue weighted by Gasteiger charge is -2.11. The summed E-state index contributed by atoms with van der Waals surface area (Å²) in [6, 6.07) is 3.93. The number of nitrogens with one attached hydrogen (secondary N) is 1. The van der Waals surface area contributed by atoms with Gasteiger partial charge in [0.15, 0.2) is 11.5 Å². The molecule has 0 unspecified atom stereocenters. The molecule has 1 heterocycles. The van der Waals surface area contributed by atoms with Crippen LogP contribution in [-0.4, -0.2) is 29.8 Å². The Bertz CT molecular complexity index is 692. The number of methoxy groups -OCH3 is 1. The summed E-state index contributed by atoms with van der Waals surface area (Å²) in [6.07, 6.45) is 0. The summed E-state index contributed by atoms with van der Waals surface area (Å²) >= 11 is 1.28. The molecule has 23 heavy (non-hydrogen) atoms. The highest BCUT2D eigenvalue weighted by Gasteiger charge is 2.16. The summed E-state index contributed by atoms with van der Waals surface area (Å²) in [6.45, 7) is 0.969. The molecule has 0 radical (unpaired) electrons. The van der Waals surface area contributed by atoms with Gasteiger partial charge in [0.1, 0.15) is 5.01 Å². The Morgan fingerprint density at radius 2 is 2.00 bits per heavy atom. The second-order valence-electron chi connectivity index (χ2n) is 4.80. The molecule has 0 saturated carbocycles. The van der Waals surface area contributed by atoms with Gasteiger partial charge in [0, 0.05) is 11.5 Å². The second-order valence-corrected chi connectivity index (χ2v) is 5.81. The summed E-state index contributed by atoms with van der Waals surface area (Å²) in [5.41, 5.74) is 0.227. The van der Waals surface area contributed by atoms with Crippen LogP contribution in [0.3, 0.4) is 0 Å². The van der Waals surface area contributed by atoms with E-state index < -0.39 is 12.5 Å². The molecule has 1 N–H and O–H groups in total. The number of nitrogens with zero attached hydrogens (tertiary/aromatic N) is 2. The van der Waals surface area contributed by atoms with Gasteiger partial charge in [0.2, 0.25) is 5.13 Å². The van der Waals surface area contributed by atoms with Crippen molar-refractivity contribution < 1.29 is 23.0 Å². The molecule has 0 atom stereocenters. The molecule has 6 nitrogen and oxygen atoms in total. The van der Waals surface area contributed by atoms with E-state index in [1.807, 2.05) is 13.8 Å². The zero-order valence-corrected chi connectivity index (χ0v) is 13.5. The van der Waals surface area contributed by atoms with Crippen LogP contribution in [0.4, 0.5) is 13.9 Å². The van der Waals surface area contributed by atoms with E-state index in [-0.39, 0.29) is 23.0 Å². The van der Waals surface area contributed by atoms with E-state index in [1.165, 1.54) is 36.6 Å². The molecule has 0 aliphatic heterocycles. The Morgan fingerprint density at radius 3 is 2.57 bits per heavy atom. The van der Waals surface area contributed by atoms with Gasteiger partial charge in [-0.1, -0.05) is 25.2 Å². The van der Waals surface area contributed by atoms with E-state index in [4.69, 9.17) is 4.74 Å². The number of anilines is 1. The number of ether oxygens (including phenoxy) is 2. The Balaban J connectivity index is 2.15. The van der Waals surface area contributed by atoms with Crippen molar-refractivity contribution in [2.24, 2.45) is 0 Å². The predicted octanol–water partition coefficient (Wildman–Crippen LogP) is 3.52. The zero-order chi connectivity index (χ0) is 17.0. The van der Waals surface area contributed by atoms with Gasteiger partial charge in [-0.05, 0) is 18.2 Å². The van der Waals surface area contributed by atoms with Crippen LogP contribution in [0.2, 0.25) is 0 Å². The molecule has 2 aromatic rings. The third-order valence-electron chi connectivity index (χ3n) is 2.80. The van der Waals surface area contributed by atoms with Crippen LogP contribution in [0, 0.1) is 0 Å². The lowest BCUT2D eigenvalue weighted by molar-refractivity contribution is -0.0512. The molecule has 0 aliphatic carbocycles. The van der Waals surface area contributed by atoms with Crippen molar-refractivity contribution in [2.45, 2.75) is 26.4 Å². The lowest BCUT2D eigenvalue weighted by atomic mass is 10.2. The van der Waals surface area contributed by atoms with Gasteiger partial charge in [-0.2, -0.15) is 8.78 Å². The maximum Gasteiger partial charge on any atom is 0.387 e. The molecule has 1 aromatic carbocycles. The Labute approximate surface area is 135 Å². The topological polar surface area (TPSA) is 73.3 Å². The molecule has 1 aromatic heterocycles. The third kappa shape index (κ3) is 4.35. The van der Waals surface area contributed by atoms with Gasteiger partial charge in [-0.3, -0.25) is 10.1 Å². The van der Waals surface area contributed by atoms with E-state index in [0.29, 0.717) is 5.13 Å². The van der Waals surface area contributed by atoms with Crippen LogP contribution in [-0.2, 0) is 0 Å². The molecule has 0 saturated heterocycles. The Hall–Kier alpha value is -2.29. The average molecular weight is 343 g/mol. The number of alkyl halides is 2. The van der Waals surface area contributed by atoms with Crippen LogP contribution in [0.25, 0.3) is 0 Å². The minimum atomic E-state index is -2.97. The normalized spacial score (nSPS) is 10.9. The minimum absolute atomic E-state index is 0.0399. The summed E-state index contributed by atoms with van der Waals surface area (Å²) < 4.78 is 33.8. The maximum atomic E-state index is 12.3. The highest BCUT2D eigenvalue weighted by Crippen LogP contribution is 2.30. The van der Waals surface area contributed by atoms with Crippen LogP contribution in [0.5, 0.6) is 11.5 Å². The smallest absolute Gasteiger partial charge is 0.387 e. The highest BCUT2D eigenvalue weighted by atomic mass is 32.1. The van der Waals surface area contributed by atoms with Crippen molar-refractivity contribution in [1.29, 1.82) is 0 Å². The molecule has 2 rings (SSSR count). The SMILES string of the molecule is COc1cc(C(=O)Nc2nnc(C(C)C)s2)ccc1OC(F)F. The fourth-order valence-corrected chi connectivity index (χ4v) is 2.43. The second kappa shape index (κ2) is 7.32. The zero-order valence-electron chi connectivity index (χ0n) is 12.7. The number of benzene rings is 1. The molecular weight excluding hydrogens is 328 g/mol. The molecule has 9 heteroatoms. The summed E-state index contributed by atoms with van der Waals surface area (Å²) in [5.74, 6) is -0.336. The predicted molar refractivity (Wildman–Crippen MR) is 81.6 cm³/mol. The number of carbonyl (C=O) groups excluding carboxylic acids is 1. The van der Waals surface area contributed by atoms with Crippen molar-refractivity contribution in [3.05, 3.63) is 28.8 Å². The van der Waals surface area contributed by atoms with Gasteiger partial charge < -0.3 is 9.47 Å². The quantitative estimate of drug-likeness (QED) is 0.869. The van der Waals surface area contributed by atoms with Crippen LogP contribution in [0.1, 0.15) is 35.1 Å². The Morgan fingerprint density at radius 1 is 1.26 bits per heavy atom. The number of hydrogen-bond donors (Lipinski definition) is 1. The first-order chi connectivity index (χ1) is 10.9. The molecule has 1 amide bonds. The monoisotopic (exact) mass is 343 g/mol. The molecule has 0 bridgehead atoms. The third-order valence-corrected chi connectivity index (χ3v) is 3.94. The summed E-state index contributed by atoms with van der Waals surface area (Å²) in [5, 5.41) is 11.6. The summed E-state index contributed by atoms with van der Waals surface area (Å²) in [4.78, 5) is 12.2. The fraction of sp³-hybridized carbons (Fsp3) is 0.357. The van der Waals surface area contributed by atoms with Crippen molar-refractivity contribution in [3.63, 3.8) is 0 Å². The van der Waals surface area contributed by atoms with Crippen LogP contribution >= 0.6 is 11.3 Å². The van der Waals surface area contributed by atoms with E-state index in [1.54, 1.807) is 0 Å². The van der Waals surface area contributed by atoms with Crippen LogP contribution in [0.15, 0.2) is 18.2 Å². The number of amides is 1. The standard InChI is InChI=1S/C14H15F2N3O3S/c1-7(2)12-18-19-14(23-12)17-11(20)8-4-5-9(22-13(15)16)10(6-8)21-3/h4-7,13H,1-3H3,(H,17,19,20). The minimum Gasteiger partial charge on any atom is -0.493 e. The largest absolute Gasteiger partial charge is 0.493 e. The fourth-order valence-electron chi connectivity index (χ4n) is 1.69. The van der Waals surface area contributed by atoms with Gasteiger partial charge >= 0.3 is 6.61 Å². The average Bonchev–Trinajstić information content (AvgIpc) is 2.95. The van der Waals surface area contributed by atoms with Crippen LogP contribution < -0.4 is 14.8 Å². The van der Waals surface area contributed by atoms with Gasteiger partial charge in [-0.15, -0.1) is 10.2 Å². The van der Waals surface area contributed by atoms with Gasteiger partial charge in [0.05, 0.1) is 7.11 Å². The molecule has 0 aliphatic rings. The van der Waals surface area contributed by atoms with Crippen molar-refractivity contribution >= 4 is 22.4 Å². The molecule has 0 spiro atoms. The van der Waals surface area contributed by atoms with E-state index in [9.17, 15) is 13.6 Å². The first-order valence-corrected chi connectivity index (χ1v) is 7.50. The van der Waals surface area contributed by atoms with Gasteiger partial charge in [0.25, 0.3) is 5.91 Å². The Kier molecular flexibility index (Phi) is 5.43. The van der Waals surface area contributed by atoms with Crippen molar-refractivity contribution in [1.82, 2.24) is 10.2 Å². The lowest BCUT2D eigenvalue weighted by Crippen LogP contribution is -2.12.